The summed E-state index contributed by atoms with van der Waals surface area (Å²) in [6.07, 6.45) is 0.150. The van der Waals surface area contributed by atoms with E-state index in [1.807, 2.05) is 0 Å². The number of carbonyl (C=O) groups is 1. The molecule has 1 aliphatic heterocycles. The summed E-state index contributed by atoms with van der Waals surface area (Å²) in [6, 6.07) is 17.3. The van der Waals surface area contributed by atoms with Gasteiger partial charge in [0.15, 0.2) is 0 Å². The number of hydrogen-bond acceptors (Lipinski definition) is 6. The van der Waals surface area contributed by atoms with Crippen molar-refractivity contribution in [2.45, 2.75) is 17.4 Å². The maximum absolute atomic E-state index is 13.6. The highest BCUT2D eigenvalue weighted by Crippen LogP contribution is 2.34. The van der Waals surface area contributed by atoms with Crippen LogP contribution in [0.5, 0.6) is 11.5 Å². The van der Waals surface area contributed by atoms with E-state index in [-0.39, 0.29) is 23.4 Å². The minimum atomic E-state index is -4.28. The van der Waals surface area contributed by atoms with E-state index in [0.717, 1.165) is 4.31 Å². The van der Waals surface area contributed by atoms with Crippen LogP contribution in [0.4, 0.5) is 0 Å². The first-order chi connectivity index (χ1) is 18.2. The van der Waals surface area contributed by atoms with E-state index in [1.165, 1.54) is 40.5 Å². The van der Waals surface area contributed by atoms with Gasteiger partial charge in [-0.1, -0.05) is 41.4 Å². The van der Waals surface area contributed by atoms with E-state index in [1.54, 1.807) is 42.5 Å². The van der Waals surface area contributed by atoms with Crippen LogP contribution in [0.25, 0.3) is 5.69 Å². The van der Waals surface area contributed by atoms with E-state index in [0.29, 0.717) is 32.9 Å². The highest BCUT2D eigenvalue weighted by atomic mass is 35.5. The number of para-hydroxylation sites is 1. The van der Waals surface area contributed by atoms with Crippen LogP contribution in [0.2, 0.25) is 10.0 Å². The summed E-state index contributed by atoms with van der Waals surface area (Å²) in [5, 5.41) is 13.1. The van der Waals surface area contributed by atoms with Crippen molar-refractivity contribution in [3.63, 3.8) is 0 Å². The number of aromatic amines is 1. The van der Waals surface area contributed by atoms with Gasteiger partial charge in [0.1, 0.15) is 17.5 Å². The molecule has 5 rings (SSSR count). The second-order valence-corrected chi connectivity index (χ2v) is 11.1. The Morgan fingerprint density at radius 2 is 1.68 bits per heavy atom. The predicted octanol–water partition coefficient (Wildman–Crippen LogP) is 4.06. The van der Waals surface area contributed by atoms with Crippen molar-refractivity contribution in [3.05, 3.63) is 104 Å². The molecule has 0 saturated heterocycles. The highest BCUT2D eigenvalue weighted by molar-refractivity contribution is 7.89. The molecule has 1 amide bonds. The van der Waals surface area contributed by atoms with Gasteiger partial charge in [0.25, 0.3) is 11.5 Å². The topological polar surface area (TPSA) is 134 Å². The van der Waals surface area contributed by atoms with Crippen LogP contribution in [0.15, 0.2) is 82.5 Å². The van der Waals surface area contributed by atoms with Gasteiger partial charge < -0.3 is 4.74 Å². The van der Waals surface area contributed by atoms with Crippen molar-refractivity contribution in [2.24, 2.45) is 0 Å². The largest absolute Gasteiger partial charge is 0.457 e. The lowest BCUT2D eigenvalue weighted by Gasteiger charge is -2.32. The summed E-state index contributed by atoms with van der Waals surface area (Å²) in [5.74, 6) is -0.310. The van der Waals surface area contributed by atoms with Crippen molar-refractivity contribution in [2.75, 3.05) is 6.54 Å². The third kappa shape index (κ3) is 4.70. The zero-order valence-electron chi connectivity index (χ0n) is 19.5. The standard InChI is InChI=1S/C25H20Cl2N4O6S/c26-19-11-8-17(14-20(19)27)37-16-6-9-18(10-7-16)38(35,36)30-13-12-21-22(23(30)24(32)29-34)25(33)31(28-21)15-4-2-1-3-5-15/h1-11,14,23,28,34H,12-13H2,(H,29,32). The molecule has 0 bridgehead atoms. The number of rotatable bonds is 6. The van der Waals surface area contributed by atoms with Crippen LogP contribution in [-0.4, -0.2) is 40.2 Å². The Bertz CT molecular complexity index is 1670. The van der Waals surface area contributed by atoms with Crippen molar-refractivity contribution in [1.29, 1.82) is 0 Å². The van der Waals surface area contributed by atoms with Crippen LogP contribution in [0.3, 0.4) is 0 Å². The third-order valence-corrected chi connectivity index (χ3v) is 8.70. The maximum atomic E-state index is 13.6. The van der Waals surface area contributed by atoms with Crippen LogP contribution in [0.1, 0.15) is 17.3 Å². The molecule has 4 aromatic rings. The van der Waals surface area contributed by atoms with Gasteiger partial charge in [-0.15, -0.1) is 0 Å². The fourth-order valence-electron chi connectivity index (χ4n) is 4.30. The number of carbonyl (C=O) groups excluding carboxylic acids is 1. The molecule has 1 atom stereocenters. The van der Waals surface area contributed by atoms with Crippen LogP contribution < -0.4 is 15.8 Å². The van der Waals surface area contributed by atoms with E-state index < -0.39 is 27.5 Å². The number of hydrogen-bond donors (Lipinski definition) is 3. The minimum Gasteiger partial charge on any atom is -0.457 e. The normalized spacial score (nSPS) is 15.6. The zero-order valence-corrected chi connectivity index (χ0v) is 21.8. The van der Waals surface area contributed by atoms with Crippen molar-refractivity contribution >= 4 is 39.1 Å². The molecule has 38 heavy (non-hydrogen) atoms. The molecule has 196 valence electrons. The Hall–Kier alpha value is -3.61. The number of ether oxygens (including phenoxy) is 1. The molecule has 0 radical (unpaired) electrons. The monoisotopic (exact) mass is 574 g/mol. The second kappa shape index (κ2) is 10.3. The molecule has 1 aliphatic rings. The van der Waals surface area contributed by atoms with Gasteiger partial charge in [0, 0.05) is 24.7 Å². The first-order valence-corrected chi connectivity index (χ1v) is 13.5. The molecule has 3 N–H and O–H groups in total. The van der Waals surface area contributed by atoms with Crippen molar-refractivity contribution in [1.82, 2.24) is 19.6 Å². The molecule has 3 aromatic carbocycles. The lowest BCUT2D eigenvalue weighted by molar-refractivity contribution is -0.133. The first-order valence-electron chi connectivity index (χ1n) is 11.3. The van der Waals surface area contributed by atoms with E-state index >= 15 is 0 Å². The molecule has 0 aliphatic carbocycles. The number of halogens is 2. The third-order valence-electron chi connectivity index (χ3n) is 6.08. The van der Waals surface area contributed by atoms with E-state index in [9.17, 15) is 23.2 Å². The molecule has 0 saturated carbocycles. The Balaban J connectivity index is 1.48. The SMILES string of the molecule is O=C(NO)C1c2c([nH]n(-c3ccccc3)c2=O)CCN1S(=O)(=O)c1ccc(Oc2ccc(Cl)c(Cl)c2)cc1. The van der Waals surface area contributed by atoms with Crippen LogP contribution >= 0.6 is 23.2 Å². The summed E-state index contributed by atoms with van der Waals surface area (Å²) in [7, 11) is -4.28. The zero-order chi connectivity index (χ0) is 27.0. The van der Waals surface area contributed by atoms with Crippen molar-refractivity contribution in [3.8, 4) is 17.2 Å². The van der Waals surface area contributed by atoms with E-state index in [2.05, 4.69) is 5.10 Å². The second-order valence-electron chi connectivity index (χ2n) is 8.37. The number of nitrogens with one attached hydrogen (secondary N) is 2. The van der Waals surface area contributed by atoms with Crippen LogP contribution in [-0.2, 0) is 21.2 Å². The number of benzene rings is 3. The number of amides is 1. The fraction of sp³-hybridized carbons (Fsp3) is 0.120. The van der Waals surface area contributed by atoms with Gasteiger partial charge in [-0.2, -0.15) is 4.31 Å². The van der Waals surface area contributed by atoms with E-state index in [4.69, 9.17) is 27.9 Å². The molecule has 13 heteroatoms. The molecule has 1 unspecified atom stereocenters. The summed E-state index contributed by atoms with van der Waals surface area (Å²) in [5.41, 5.74) is 1.77. The van der Waals surface area contributed by atoms with Gasteiger partial charge in [0.2, 0.25) is 10.0 Å². The van der Waals surface area contributed by atoms with Gasteiger partial charge in [0.05, 0.1) is 26.2 Å². The van der Waals surface area contributed by atoms with Gasteiger partial charge in [-0.25, -0.2) is 18.6 Å². The predicted molar refractivity (Wildman–Crippen MR) is 140 cm³/mol. The first kappa shape index (κ1) is 26.0. The number of nitrogens with zero attached hydrogens (tertiary/aromatic N) is 2. The summed E-state index contributed by atoms with van der Waals surface area (Å²) >= 11 is 11.9. The lowest BCUT2D eigenvalue weighted by atomic mass is 10.0. The smallest absolute Gasteiger partial charge is 0.276 e. The lowest BCUT2D eigenvalue weighted by Crippen LogP contribution is -2.48. The number of aromatic nitrogens is 2. The number of H-pyrrole nitrogens is 1. The summed E-state index contributed by atoms with van der Waals surface area (Å²) in [4.78, 5) is 26.0. The number of fused-ring (bicyclic) bond motifs is 1. The molecular weight excluding hydrogens is 555 g/mol. The van der Waals surface area contributed by atoms with Gasteiger partial charge in [-0.3, -0.25) is 19.9 Å². The molecule has 0 spiro atoms. The Labute approximate surface area is 227 Å². The van der Waals surface area contributed by atoms with Gasteiger partial charge >= 0.3 is 0 Å². The molecule has 2 heterocycles. The molecule has 1 aromatic heterocycles. The van der Waals surface area contributed by atoms with Gasteiger partial charge in [-0.05, 0) is 48.5 Å². The Kier molecular flexibility index (Phi) is 7.03. The van der Waals surface area contributed by atoms with Crippen LogP contribution in [0, 0.1) is 0 Å². The quantitative estimate of drug-likeness (QED) is 0.235. The highest BCUT2D eigenvalue weighted by Gasteiger charge is 2.43. The number of sulfonamides is 1. The number of hydroxylamine groups is 1. The summed E-state index contributed by atoms with van der Waals surface area (Å²) < 4.78 is 35.1. The molecule has 0 fully saturated rings. The summed E-state index contributed by atoms with van der Waals surface area (Å²) in [6.45, 7) is -0.107. The average Bonchev–Trinajstić information content (AvgIpc) is 3.27. The average molecular weight is 575 g/mol. The molecular formula is C25H20Cl2N4O6S. The Morgan fingerprint density at radius 1 is 1.00 bits per heavy atom. The maximum Gasteiger partial charge on any atom is 0.276 e. The fourth-order valence-corrected chi connectivity index (χ4v) is 6.14. The van der Waals surface area contributed by atoms with Crippen molar-refractivity contribution < 1.29 is 23.2 Å². The minimum absolute atomic E-state index is 0.0604. The molecule has 10 nitrogen and oxygen atoms in total. The Morgan fingerprint density at radius 3 is 2.34 bits per heavy atom.